The SMILES string of the molecule is Cc1ccc(Cl)cc1NC(=O)C(=O)N1CCNCC1. The van der Waals surface area contributed by atoms with Crippen LogP contribution in [0, 0.1) is 6.92 Å². The number of carbonyl (C=O) groups excluding carboxylic acids is 2. The lowest BCUT2D eigenvalue weighted by atomic mass is 10.2. The number of hydrogen-bond donors (Lipinski definition) is 2. The Morgan fingerprint density at radius 3 is 2.68 bits per heavy atom. The lowest BCUT2D eigenvalue weighted by Crippen LogP contribution is -2.49. The third-order valence-corrected chi connectivity index (χ3v) is 3.28. The number of carbonyl (C=O) groups is 2. The molecule has 0 atom stereocenters. The number of amides is 2. The van der Waals surface area contributed by atoms with Gasteiger partial charge in [-0.05, 0) is 24.6 Å². The molecule has 1 aliphatic rings. The molecule has 1 aliphatic heterocycles. The van der Waals surface area contributed by atoms with Gasteiger partial charge in [-0.15, -0.1) is 0 Å². The van der Waals surface area contributed by atoms with Crippen molar-refractivity contribution in [2.24, 2.45) is 0 Å². The van der Waals surface area contributed by atoms with Crippen molar-refractivity contribution in [3.63, 3.8) is 0 Å². The zero-order valence-corrected chi connectivity index (χ0v) is 11.5. The highest BCUT2D eigenvalue weighted by atomic mass is 35.5. The van der Waals surface area contributed by atoms with Crippen molar-refractivity contribution in [3.05, 3.63) is 28.8 Å². The van der Waals surface area contributed by atoms with E-state index in [0.717, 1.165) is 18.7 Å². The number of benzene rings is 1. The van der Waals surface area contributed by atoms with Crippen molar-refractivity contribution in [1.29, 1.82) is 0 Å². The predicted molar refractivity (Wildman–Crippen MR) is 74.3 cm³/mol. The molecule has 2 N–H and O–H groups in total. The Balaban J connectivity index is 2.03. The van der Waals surface area contributed by atoms with Crippen molar-refractivity contribution in [2.75, 3.05) is 31.5 Å². The van der Waals surface area contributed by atoms with Crippen LogP contribution in [0.5, 0.6) is 0 Å². The Morgan fingerprint density at radius 1 is 1.32 bits per heavy atom. The van der Waals surface area contributed by atoms with E-state index in [4.69, 9.17) is 11.6 Å². The zero-order chi connectivity index (χ0) is 13.8. The maximum atomic E-state index is 12.0. The number of halogens is 1. The van der Waals surface area contributed by atoms with Crippen LogP contribution in [-0.2, 0) is 9.59 Å². The van der Waals surface area contributed by atoms with Crippen LogP contribution in [-0.4, -0.2) is 42.9 Å². The van der Waals surface area contributed by atoms with Crippen LogP contribution < -0.4 is 10.6 Å². The Hall–Kier alpha value is -1.59. The maximum Gasteiger partial charge on any atom is 0.313 e. The van der Waals surface area contributed by atoms with Crippen LogP contribution in [0.25, 0.3) is 0 Å². The fourth-order valence-corrected chi connectivity index (χ4v) is 2.09. The molecular formula is C13H16ClN3O2. The lowest BCUT2D eigenvalue weighted by molar-refractivity contribution is -0.143. The molecule has 19 heavy (non-hydrogen) atoms. The van der Waals surface area contributed by atoms with Gasteiger partial charge in [0.1, 0.15) is 0 Å². The summed E-state index contributed by atoms with van der Waals surface area (Å²) in [6.45, 7) is 4.40. The molecule has 0 saturated carbocycles. The summed E-state index contributed by atoms with van der Waals surface area (Å²) in [5.74, 6) is -1.12. The summed E-state index contributed by atoms with van der Waals surface area (Å²) in [7, 11) is 0. The van der Waals surface area contributed by atoms with Gasteiger partial charge in [-0.1, -0.05) is 17.7 Å². The summed E-state index contributed by atoms with van der Waals surface area (Å²) in [5, 5.41) is 6.27. The van der Waals surface area contributed by atoms with Gasteiger partial charge in [0, 0.05) is 36.9 Å². The normalized spacial score (nSPS) is 15.2. The highest BCUT2D eigenvalue weighted by molar-refractivity contribution is 6.39. The molecule has 1 aromatic carbocycles. The van der Waals surface area contributed by atoms with Crippen LogP contribution in [0.4, 0.5) is 5.69 Å². The first-order valence-corrected chi connectivity index (χ1v) is 6.53. The van der Waals surface area contributed by atoms with Gasteiger partial charge >= 0.3 is 11.8 Å². The third kappa shape index (κ3) is 3.45. The highest BCUT2D eigenvalue weighted by Crippen LogP contribution is 2.20. The van der Waals surface area contributed by atoms with Gasteiger partial charge in [0.15, 0.2) is 0 Å². The molecule has 0 aromatic heterocycles. The van der Waals surface area contributed by atoms with E-state index in [1.165, 1.54) is 0 Å². The van der Waals surface area contributed by atoms with Crippen LogP contribution in [0.1, 0.15) is 5.56 Å². The first-order valence-electron chi connectivity index (χ1n) is 6.15. The summed E-state index contributed by atoms with van der Waals surface area (Å²) in [6.07, 6.45) is 0. The van der Waals surface area contributed by atoms with E-state index in [2.05, 4.69) is 10.6 Å². The number of hydrogen-bond acceptors (Lipinski definition) is 3. The quantitative estimate of drug-likeness (QED) is 0.756. The first kappa shape index (κ1) is 13.8. The van der Waals surface area contributed by atoms with Crippen molar-refractivity contribution in [2.45, 2.75) is 6.92 Å². The van der Waals surface area contributed by atoms with Gasteiger partial charge in [0.25, 0.3) is 0 Å². The van der Waals surface area contributed by atoms with E-state index in [-0.39, 0.29) is 0 Å². The topological polar surface area (TPSA) is 61.4 Å². The largest absolute Gasteiger partial charge is 0.332 e. The van der Waals surface area contributed by atoms with Gasteiger partial charge in [-0.3, -0.25) is 9.59 Å². The second kappa shape index (κ2) is 6.04. The second-order valence-corrected chi connectivity index (χ2v) is 4.89. The first-order chi connectivity index (χ1) is 9.08. The van der Waals surface area contributed by atoms with Gasteiger partial charge in [0.05, 0.1) is 0 Å². The van der Waals surface area contributed by atoms with E-state index in [0.29, 0.717) is 23.8 Å². The number of aryl methyl sites for hydroxylation is 1. The lowest BCUT2D eigenvalue weighted by Gasteiger charge is -2.26. The number of nitrogens with zero attached hydrogens (tertiary/aromatic N) is 1. The van der Waals surface area contributed by atoms with Crippen LogP contribution in [0.2, 0.25) is 5.02 Å². The van der Waals surface area contributed by atoms with Crippen LogP contribution in [0.3, 0.4) is 0 Å². The Morgan fingerprint density at radius 2 is 2.00 bits per heavy atom. The Bertz CT molecular complexity index is 499. The molecule has 2 rings (SSSR count). The molecule has 2 amide bonds. The number of piperazine rings is 1. The number of nitrogens with one attached hydrogen (secondary N) is 2. The monoisotopic (exact) mass is 281 g/mol. The van der Waals surface area contributed by atoms with Gasteiger partial charge in [-0.2, -0.15) is 0 Å². The van der Waals surface area contributed by atoms with Crippen molar-refractivity contribution in [1.82, 2.24) is 10.2 Å². The average molecular weight is 282 g/mol. The Kier molecular flexibility index (Phi) is 4.39. The van der Waals surface area contributed by atoms with E-state index >= 15 is 0 Å². The molecule has 0 radical (unpaired) electrons. The maximum absolute atomic E-state index is 12.0. The fraction of sp³-hybridized carbons (Fsp3) is 0.385. The molecule has 1 heterocycles. The second-order valence-electron chi connectivity index (χ2n) is 4.46. The van der Waals surface area contributed by atoms with Crippen LogP contribution >= 0.6 is 11.6 Å². The summed E-state index contributed by atoms with van der Waals surface area (Å²) in [4.78, 5) is 25.4. The molecule has 6 heteroatoms. The molecule has 1 saturated heterocycles. The minimum atomic E-state index is -0.618. The molecule has 1 fully saturated rings. The Labute approximate surface area is 116 Å². The molecule has 102 valence electrons. The number of rotatable bonds is 1. The van der Waals surface area contributed by atoms with E-state index in [1.807, 2.05) is 6.92 Å². The van der Waals surface area contributed by atoms with Crippen molar-refractivity contribution >= 4 is 29.1 Å². The molecule has 5 nitrogen and oxygen atoms in total. The van der Waals surface area contributed by atoms with Gasteiger partial charge in [0.2, 0.25) is 0 Å². The van der Waals surface area contributed by atoms with E-state index in [1.54, 1.807) is 23.1 Å². The van der Waals surface area contributed by atoms with Crippen molar-refractivity contribution < 1.29 is 9.59 Å². The predicted octanol–water partition coefficient (Wildman–Crippen LogP) is 1.02. The van der Waals surface area contributed by atoms with Crippen LogP contribution in [0.15, 0.2) is 18.2 Å². The van der Waals surface area contributed by atoms with Gasteiger partial charge in [-0.25, -0.2) is 0 Å². The molecule has 0 aliphatic carbocycles. The third-order valence-electron chi connectivity index (χ3n) is 3.05. The number of anilines is 1. The van der Waals surface area contributed by atoms with E-state index in [9.17, 15) is 9.59 Å². The summed E-state index contributed by atoms with van der Waals surface area (Å²) in [5.41, 5.74) is 1.44. The zero-order valence-electron chi connectivity index (χ0n) is 10.7. The summed E-state index contributed by atoms with van der Waals surface area (Å²) < 4.78 is 0. The minimum absolute atomic E-state index is 0.499. The average Bonchev–Trinajstić information content (AvgIpc) is 2.43. The molecule has 0 unspecified atom stereocenters. The molecule has 0 spiro atoms. The molecular weight excluding hydrogens is 266 g/mol. The molecule has 0 bridgehead atoms. The smallest absolute Gasteiger partial charge is 0.313 e. The van der Waals surface area contributed by atoms with Crippen molar-refractivity contribution in [3.8, 4) is 0 Å². The van der Waals surface area contributed by atoms with E-state index < -0.39 is 11.8 Å². The summed E-state index contributed by atoms with van der Waals surface area (Å²) >= 11 is 5.87. The van der Waals surface area contributed by atoms with Gasteiger partial charge < -0.3 is 15.5 Å². The highest BCUT2D eigenvalue weighted by Gasteiger charge is 2.23. The fourth-order valence-electron chi connectivity index (χ4n) is 1.92. The standard InChI is InChI=1S/C13H16ClN3O2/c1-9-2-3-10(14)8-11(9)16-12(18)13(19)17-6-4-15-5-7-17/h2-3,8,15H,4-7H2,1H3,(H,16,18). The minimum Gasteiger partial charge on any atom is -0.332 e. The molecule has 1 aromatic rings. The summed E-state index contributed by atoms with van der Waals surface area (Å²) in [6, 6.07) is 5.18.